The van der Waals surface area contributed by atoms with Crippen LogP contribution in [0, 0.1) is 11.8 Å². The van der Waals surface area contributed by atoms with Gasteiger partial charge in [-0.1, -0.05) is 13.8 Å². The Morgan fingerprint density at radius 1 is 1.42 bits per heavy atom. The Hall–Kier alpha value is -0.570. The number of carbonyl (C=O) groups excluding carboxylic acids is 1. The average Bonchev–Trinajstić information content (AvgIpc) is 2.04. The van der Waals surface area contributed by atoms with E-state index in [1.54, 1.807) is 0 Å². The SMILES string of the molecule is CC(C)C1CCN(C([NH3+])=O)CC1. The molecule has 1 fully saturated rings. The van der Waals surface area contributed by atoms with Gasteiger partial charge >= 0.3 is 6.03 Å². The molecule has 0 aromatic heterocycles. The van der Waals surface area contributed by atoms with Gasteiger partial charge in [0.15, 0.2) is 0 Å². The molecule has 0 unspecified atom stereocenters. The predicted octanol–water partition coefficient (Wildman–Crippen LogP) is 0.716. The second kappa shape index (κ2) is 3.90. The number of nitrogens with zero attached hydrogens (tertiary/aromatic N) is 1. The third-order valence-electron chi connectivity index (χ3n) is 2.84. The second-order valence-corrected chi connectivity index (χ2v) is 3.96. The van der Waals surface area contributed by atoms with Gasteiger partial charge in [-0.2, -0.15) is 0 Å². The Morgan fingerprint density at radius 2 is 1.92 bits per heavy atom. The van der Waals surface area contributed by atoms with Crippen LogP contribution in [-0.4, -0.2) is 24.0 Å². The van der Waals surface area contributed by atoms with Crippen molar-refractivity contribution in [1.82, 2.24) is 4.90 Å². The van der Waals surface area contributed by atoms with Crippen LogP contribution >= 0.6 is 0 Å². The highest BCUT2D eigenvalue weighted by atomic mass is 16.2. The van der Waals surface area contributed by atoms with Gasteiger partial charge in [0.25, 0.3) is 0 Å². The zero-order valence-corrected chi connectivity index (χ0v) is 8.05. The first-order valence-electron chi connectivity index (χ1n) is 4.72. The molecule has 3 heteroatoms. The van der Waals surface area contributed by atoms with Crippen LogP contribution in [0.4, 0.5) is 4.79 Å². The van der Waals surface area contributed by atoms with Gasteiger partial charge in [0.1, 0.15) is 0 Å². The highest BCUT2D eigenvalue weighted by Crippen LogP contribution is 2.23. The number of carbonyl (C=O) groups is 1. The summed E-state index contributed by atoms with van der Waals surface area (Å²) in [5, 5.41) is 0. The summed E-state index contributed by atoms with van der Waals surface area (Å²) in [6.07, 6.45) is 2.30. The van der Waals surface area contributed by atoms with E-state index in [-0.39, 0.29) is 6.03 Å². The van der Waals surface area contributed by atoms with E-state index in [9.17, 15) is 4.79 Å². The van der Waals surface area contributed by atoms with Gasteiger partial charge in [0.2, 0.25) is 0 Å². The molecule has 0 aromatic rings. The van der Waals surface area contributed by atoms with Gasteiger partial charge < -0.3 is 0 Å². The topological polar surface area (TPSA) is 48.0 Å². The number of hydrogen-bond donors (Lipinski definition) is 1. The highest BCUT2D eigenvalue weighted by molar-refractivity contribution is 5.62. The van der Waals surface area contributed by atoms with E-state index < -0.39 is 0 Å². The number of hydrogen-bond acceptors (Lipinski definition) is 1. The molecule has 2 amide bonds. The molecule has 70 valence electrons. The molecule has 0 atom stereocenters. The minimum absolute atomic E-state index is 0.0165. The highest BCUT2D eigenvalue weighted by Gasteiger charge is 2.24. The fourth-order valence-corrected chi connectivity index (χ4v) is 1.82. The quantitative estimate of drug-likeness (QED) is 0.621. The van der Waals surface area contributed by atoms with E-state index in [2.05, 4.69) is 19.6 Å². The summed E-state index contributed by atoms with van der Waals surface area (Å²) < 4.78 is 0. The number of quaternary nitrogens is 1. The maximum Gasteiger partial charge on any atom is 0.414 e. The van der Waals surface area contributed by atoms with Crippen LogP contribution in [0.5, 0.6) is 0 Å². The molecule has 0 aliphatic carbocycles. The maximum atomic E-state index is 10.9. The fourth-order valence-electron chi connectivity index (χ4n) is 1.82. The summed E-state index contributed by atoms with van der Waals surface area (Å²) in [5.41, 5.74) is 3.42. The smallest absolute Gasteiger partial charge is 0.293 e. The summed E-state index contributed by atoms with van der Waals surface area (Å²) >= 11 is 0. The van der Waals surface area contributed by atoms with Crippen molar-refractivity contribution in [2.24, 2.45) is 11.8 Å². The van der Waals surface area contributed by atoms with Crippen molar-refractivity contribution >= 4 is 6.03 Å². The number of likely N-dealkylation sites (tertiary alicyclic amines) is 1. The Labute approximate surface area is 73.9 Å². The van der Waals surface area contributed by atoms with E-state index in [4.69, 9.17) is 0 Å². The third kappa shape index (κ3) is 2.21. The second-order valence-electron chi connectivity index (χ2n) is 3.96. The first-order chi connectivity index (χ1) is 5.61. The molecule has 0 radical (unpaired) electrons. The van der Waals surface area contributed by atoms with Gasteiger partial charge in [-0.25, -0.2) is 4.79 Å². The van der Waals surface area contributed by atoms with Crippen molar-refractivity contribution in [1.29, 1.82) is 0 Å². The van der Waals surface area contributed by atoms with Crippen molar-refractivity contribution in [2.45, 2.75) is 26.7 Å². The van der Waals surface area contributed by atoms with Crippen LogP contribution in [0.3, 0.4) is 0 Å². The molecule has 1 aliphatic heterocycles. The van der Waals surface area contributed by atoms with Crippen LogP contribution in [0.15, 0.2) is 0 Å². The standard InChI is InChI=1S/C9H18N2O/c1-7(2)8-3-5-11(6-4-8)9(10)12/h7-8H,3-6H2,1-2H3,(H2,10,12)/p+1. The zero-order chi connectivity index (χ0) is 9.14. The molecule has 0 spiro atoms. The summed E-state index contributed by atoms with van der Waals surface area (Å²) in [6.45, 7) is 6.33. The minimum atomic E-state index is -0.0165. The Morgan fingerprint density at radius 3 is 2.25 bits per heavy atom. The van der Waals surface area contributed by atoms with E-state index in [0.29, 0.717) is 0 Å². The van der Waals surface area contributed by atoms with Crippen LogP contribution in [0.1, 0.15) is 26.7 Å². The average molecular weight is 171 g/mol. The van der Waals surface area contributed by atoms with Crippen molar-refractivity contribution < 1.29 is 10.5 Å². The lowest BCUT2D eigenvalue weighted by molar-refractivity contribution is -0.266. The maximum absolute atomic E-state index is 10.9. The van der Waals surface area contributed by atoms with Crippen molar-refractivity contribution in [3.63, 3.8) is 0 Å². The predicted molar refractivity (Wildman–Crippen MR) is 47.4 cm³/mol. The molecule has 3 N–H and O–H groups in total. The van der Waals surface area contributed by atoms with Gasteiger partial charge in [0, 0.05) is 13.1 Å². The van der Waals surface area contributed by atoms with Crippen LogP contribution in [-0.2, 0) is 0 Å². The lowest BCUT2D eigenvalue weighted by Gasteiger charge is -2.31. The molecular weight excluding hydrogens is 152 g/mol. The van der Waals surface area contributed by atoms with Gasteiger partial charge in [-0.3, -0.25) is 10.6 Å². The minimum Gasteiger partial charge on any atom is -0.293 e. The zero-order valence-electron chi connectivity index (χ0n) is 8.05. The molecule has 0 saturated carbocycles. The van der Waals surface area contributed by atoms with Crippen molar-refractivity contribution in [2.75, 3.05) is 13.1 Å². The van der Waals surface area contributed by atoms with Crippen molar-refractivity contribution in [3.05, 3.63) is 0 Å². The summed E-state index contributed by atoms with van der Waals surface area (Å²) in [6, 6.07) is -0.0165. The number of amides is 2. The Bertz CT molecular complexity index is 160. The number of piperidine rings is 1. The number of urea groups is 1. The monoisotopic (exact) mass is 171 g/mol. The van der Waals surface area contributed by atoms with E-state index in [1.807, 2.05) is 4.90 Å². The molecule has 12 heavy (non-hydrogen) atoms. The van der Waals surface area contributed by atoms with Gasteiger partial charge in [-0.05, 0) is 24.7 Å². The Kier molecular flexibility index (Phi) is 3.09. The molecule has 1 heterocycles. The third-order valence-corrected chi connectivity index (χ3v) is 2.84. The molecule has 0 bridgehead atoms. The first kappa shape index (κ1) is 9.52. The van der Waals surface area contributed by atoms with Gasteiger partial charge in [-0.15, -0.1) is 0 Å². The number of rotatable bonds is 1. The van der Waals surface area contributed by atoms with Gasteiger partial charge in [0.05, 0.1) is 0 Å². The molecule has 1 aliphatic rings. The van der Waals surface area contributed by atoms with Crippen LogP contribution < -0.4 is 5.73 Å². The lowest BCUT2D eigenvalue weighted by atomic mass is 9.87. The normalized spacial score (nSPS) is 20.2. The van der Waals surface area contributed by atoms with Crippen LogP contribution in [0.25, 0.3) is 0 Å². The molecule has 3 nitrogen and oxygen atoms in total. The first-order valence-corrected chi connectivity index (χ1v) is 4.72. The lowest BCUT2D eigenvalue weighted by Crippen LogP contribution is -2.65. The fraction of sp³-hybridized carbons (Fsp3) is 0.889. The molecule has 0 aromatic carbocycles. The summed E-state index contributed by atoms with van der Waals surface area (Å²) in [4.78, 5) is 12.7. The van der Waals surface area contributed by atoms with Crippen LogP contribution in [0.2, 0.25) is 0 Å². The molecule has 1 saturated heterocycles. The van der Waals surface area contributed by atoms with E-state index in [1.165, 1.54) is 0 Å². The van der Waals surface area contributed by atoms with E-state index >= 15 is 0 Å². The van der Waals surface area contributed by atoms with Crippen molar-refractivity contribution in [3.8, 4) is 0 Å². The largest absolute Gasteiger partial charge is 0.414 e. The van der Waals surface area contributed by atoms with E-state index in [0.717, 1.165) is 37.8 Å². The molecule has 1 rings (SSSR count). The summed E-state index contributed by atoms with van der Waals surface area (Å²) in [7, 11) is 0. The Balaban J connectivity index is 2.34. The summed E-state index contributed by atoms with van der Waals surface area (Å²) in [5.74, 6) is 1.56. The molecular formula is C9H19N2O+.